The highest BCUT2D eigenvalue weighted by Gasteiger charge is 2.09. The standard InChI is InChI=1S/C12H18N2O/c1-14(2)12(15)9-8-11(13)10-6-4-3-5-7-10/h3-7,11H,8-9,13H2,1-2H3. The molecule has 0 aromatic heterocycles. The fourth-order valence-corrected chi connectivity index (χ4v) is 1.37. The van der Waals surface area contributed by atoms with Gasteiger partial charge in [-0.15, -0.1) is 0 Å². The first-order valence-corrected chi connectivity index (χ1v) is 5.12. The van der Waals surface area contributed by atoms with Crippen molar-refractivity contribution in [1.29, 1.82) is 0 Å². The Hall–Kier alpha value is -1.35. The lowest BCUT2D eigenvalue weighted by Gasteiger charge is -2.14. The third-order valence-electron chi connectivity index (χ3n) is 2.40. The highest BCUT2D eigenvalue weighted by molar-refractivity contribution is 5.75. The highest BCUT2D eigenvalue weighted by atomic mass is 16.2. The Bertz CT molecular complexity index is 309. The Labute approximate surface area is 90.9 Å². The molecule has 0 aliphatic rings. The summed E-state index contributed by atoms with van der Waals surface area (Å²) in [5, 5.41) is 0. The van der Waals surface area contributed by atoms with Gasteiger partial charge in [-0.25, -0.2) is 0 Å². The summed E-state index contributed by atoms with van der Waals surface area (Å²) in [6, 6.07) is 9.82. The molecule has 1 atom stereocenters. The van der Waals surface area contributed by atoms with E-state index < -0.39 is 0 Å². The van der Waals surface area contributed by atoms with Gasteiger partial charge in [0, 0.05) is 26.6 Å². The van der Waals surface area contributed by atoms with Crippen LogP contribution in [0.15, 0.2) is 30.3 Å². The van der Waals surface area contributed by atoms with Gasteiger partial charge in [0.05, 0.1) is 0 Å². The van der Waals surface area contributed by atoms with Gasteiger partial charge in [0.2, 0.25) is 5.91 Å². The van der Waals surface area contributed by atoms with E-state index in [1.165, 1.54) is 0 Å². The van der Waals surface area contributed by atoms with Crippen molar-refractivity contribution in [3.8, 4) is 0 Å². The molecule has 1 aromatic rings. The predicted molar refractivity (Wildman–Crippen MR) is 61.3 cm³/mol. The van der Waals surface area contributed by atoms with Gasteiger partial charge in [-0.1, -0.05) is 30.3 Å². The van der Waals surface area contributed by atoms with Crippen LogP contribution in [-0.2, 0) is 4.79 Å². The number of rotatable bonds is 4. The molecule has 1 amide bonds. The number of carbonyl (C=O) groups is 1. The van der Waals surface area contributed by atoms with E-state index in [1.54, 1.807) is 19.0 Å². The van der Waals surface area contributed by atoms with Gasteiger partial charge in [-0.3, -0.25) is 4.79 Å². The summed E-state index contributed by atoms with van der Waals surface area (Å²) in [6.07, 6.45) is 1.20. The van der Waals surface area contributed by atoms with Crippen LogP contribution in [-0.4, -0.2) is 24.9 Å². The zero-order chi connectivity index (χ0) is 11.3. The Balaban J connectivity index is 2.44. The summed E-state index contributed by atoms with van der Waals surface area (Å²) < 4.78 is 0. The first-order valence-electron chi connectivity index (χ1n) is 5.12. The largest absolute Gasteiger partial charge is 0.349 e. The van der Waals surface area contributed by atoms with Gasteiger partial charge < -0.3 is 10.6 Å². The van der Waals surface area contributed by atoms with Crippen LogP contribution >= 0.6 is 0 Å². The van der Waals surface area contributed by atoms with Crippen molar-refractivity contribution < 1.29 is 4.79 Å². The SMILES string of the molecule is CN(C)C(=O)CCC(N)c1ccccc1. The molecule has 0 heterocycles. The van der Waals surface area contributed by atoms with Crippen LogP contribution in [0.3, 0.4) is 0 Å². The number of nitrogens with two attached hydrogens (primary N) is 1. The Morgan fingerprint density at radius 3 is 2.47 bits per heavy atom. The van der Waals surface area contributed by atoms with Crippen LogP contribution in [0.1, 0.15) is 24.4 Å². The molecule has 0 radical (unpaired) electrons. The van der Waals surface area contributed by atoms with E-state index in [-0.39, 0.29) is 11.9 Å². The maximum absolute atomic E-state index is 11.3. The van der Waals surface area contributed by atoms with Crippen LogP contribution in [0.4, 0.5) is 0 Å². The zero-order valence-electron chi connectivity index (χ0n) is 9.31. The molecular formula is C12H18N2O. The summed E-state index contributed by atoms with van der Waals surface area (Å²) in [5.74, 6) is 0.126. The van der Waals surface area contributed by atoms with Crippen molar-refractivity contribution >= 4 is 5.91 Å². The lowest BCUT2D eigenvalue weighted by atomic mass is 10.0. The molecule has 82 valence electrons. The van der Waals surface area contributed by atoms with Crippen molar-refractivity contribution in [3.63, 3.8) is 0 Å². The molecule has 3 nitrogen and oxygen atoms in total. The summed E-state index contributed by atoms with van der Waals surface area (Å²) in [5.41, 5.74) is 7.06. The predicted octanol–water partition coefficient (Wildman–Crippen LogP) is 1.55. The molecule has 0 aliphatic carbocycles. The van der Waals surface area contributed by atoms with Crippen molar-refractivity contribution in [1.82, 2.24) is 4.90 Å². The average Bonchev–Trinajstić information content (AvgIpc) is 2.26. The van der Waals surface area contributed by atoms with E-state index in [9.17, 15) is 4.79 Å². The fraction of sp³-hybridized carbons (Fsp3) is 0.417. The number of amides is 1. The molecule has 3 heteroatoms. The molecule has 1 rings (SSSR count). The molecule has 0 spiro atoms. The molecule has 2 N–H and O–H groups in total. The Morgan fingerprint density at radius 1 is 1.33 bits per heavy atom. The quantitative estimate of drug-likeness (QED) is 0.812. The maximum atomic E-state index is 11.3. The fourth-order valence-electron chi connectivity index (χ4n) is 1.37. The van der Waals surface area contributed by atoms with Crippen LogP contribution in [0.25, 0.3) is 0 Å². The van der Waals surface area contributed by atoms with Crippen LogP contribution in [0.2, 0.25) is 0 Å². The van der Waals surface area contributed by atoms with E-state index in [4.69, 9.17) is 5.73 Å². The number of benzene rings is 1. The second-order valence-corrected chi connectivity index (χ2v) is 3.84. The van der Waals surface area contributed by atoms with Crippen LogP contribution in [0.5, 0.6) is 0 Å². The minimum atomic E-state index is -0.0462. The lowest BCUT2D eigenvalue weighted by molar-refractivity contribution is -0.128. The Kier molecular flexibility index (Phi) is 4.31. The van der Waals surface area contributed by atoms with E-state index in [0.717, 1.165) is 5.56 Å². The summed E-state index contributed by atoms with van der Waals surface area (Å²) in [4.78, 5) is 12.9. The van der Waals surface area contributed by atoms with Gasteiger partial charge >= 0.3 is 0 Å². The average molecular weight is 206 g/mol. The molecule has 1 unspecified atom stereocenters. The zero-order valence-corrected chi connectivity index (χ0v) is 9.31. The molecule has 15 heavy (non-hydrogen) atoms. The van der Waals surface area contributed by atoms with Gasteiger partial charge in [-0.2, -0.15) is 0 Å². The highest BCUT2D eigenvalue weighted by Crippen LogP contribution is 2.15. The van der Waals surface area contributed by atoms with Crippen molar-refractivity contribution in [2.75, 3.05) is 14.1 Å². The number of nitrogens with zero attached hydrogens (tertiary/aromatic N) is 1. The minimum absolute atomic E-state index is 0.0462. The molecule has 0 bridgehead atoms. The molecule has 0 fully saturated rings. The number of hydrogen-bond acceptors (Lipinski definition) is 2. The lowest BCUT2D eigenvalue weighted by Crippen LogP contribution is -2.23. The van der Waals surface area contributed by atoms with E-state index in [2.05, 4.69) is 0 Å². The van der Waals surface area contributed by atoms with Gasteiger partial charge in [-0.05, 0) is 12.0 Å². The number of carbonyl (C=O) groups excluding carboxylic acids is 1. The van der Waals surface area contributed by atoms with Crippen molar-refractivity contribution in [2.45, 2.75) is 18.9 Å². The third kappa shape index (κ3) is 3.72. The normalized spacial score (nSPS) is 12.2. The van der Waals surface area contributed by atoms with Gasteiger partial charge in [0.15, 0.2) is 0 Å². The molecule has 0 saturated carbocycles. The third-order valence-corrected chi connectivity index (χ3v) is 2.40. The van der Waals surface area contributed by atoms with E-state index in [1.807, 2.05) is 30.3 Å². The number of hydrogen-bond donors (Lipinski definition) is 1. The van der Waals surface area contributed by atoms with E-state index in [0.29, 0.717) is 12.8 Å². The molecule has 1 aromatic carbocycles. The first-order chi connectivity index (χ1) is 7.11. The van der Waals surface area contributed by atoms with Gasteiger partial charge in [0.1, 0.15) is 0 Å². The monoisotopic (exact) mass is 206 g/mol. The summed E-state index contributed by atoms with van der Waals surface area (Å²) >= 11 is 0. The van der Waals surface area contributed by atoms with E-state index >= 15 is 0 Å². The summed E-state index contributed by atoms with van der Waals surface area (Å²) in [6.45, 7) is 0. The van der Waals surface area contributed by atoms with Crippen molar-refractivity contribution in [2.24, 2.45) is 5.73 Å². The molecule has 0 saturated heterocycles. The van der Waals surface area contributed by atoms with Gasteiger partial charge in [0.25, 0.3) is 0 Å². The Morgan fingerprint density at radius 2 is 1.93 bits per heavy atom. The second-order valence-electron chi connectivity index (χ2n) is 3.84. The summed E-state index contributed by atoms with van der Waals surface area (Å²) in [7, 11) is 3.52. The molecule has 0 aliphatic heterocycles. The smallest absolute Gasteiger partial charge is 0.222 e. The second kappa shape index (κ2) is 5.51. The minimum Gasteiger partial charge on any atom is -0.349 e. The maximum Gasteiger partial charge on any atom is 0.222 e. The first kappa shape index (κ1) is 11.7. The topological polar surface area (TPSA) is 46.3 Å². The van der Waals surface area contributed by atoms with Crippen molar-refractivity contribution in [3.05, 3.63) is 35.9 Å². The van der Waals surface area contributed by atoms with Crippen LogP contribution in [0, 0.1) is 0 Å². The van der Waals surface area contributed by atoms with Crippen LogP contribution < -0.4 is 5.73 Å². The molecular weight excluding hydrogens is 188 g/mol.